The topological polar surface area (TPSA) is 78.9 Å². The van der Waals surface area contributed by atoms with Gasteiger partial charge in [-0.2, -0.15) is 0 Å². The Kier molecular flexibility index (Phi) is 59.1. The van der Waals surface area contributed by atoms with Crippen molar-refractivity contribution in [1.82, 2.24) is 0 Å². The van der Waals surface area contributed by atoms with Gasteiger partial charge in [-0.1, -0.05) is 315 Å². The summed E-state index contributed by atoms with van der Waals surface area (Å²) in [6, 6.07) is 0. The van der Waals surface area contributed by atoms with Gasteiger partial charge < -0.3 is 14.2 Å². The van der Waals surface area contributed by atoms with E-state index in [1.165, 1.54) is 263 Å². The molecular formula is C65H124O6. The lowest BCUT2D eigenvalue weighted by atomic mass is 10.0. The van der Waals surface area contributed by atoms with Crippen LogP contribution >= 0.6 is 0 Å². The van der Waals surface area contributed by atoms with Crippen LogP contribution in [0.5, 0.6) is 0 Å². The molecule has 0 aromatic carbocycles. The molecule has 0 radical (unpaired) electrons. The van der Waals surface area contributed by atoms with Crippen molar-refractivity contribution in [3.63, 3.8) is 0 Å². The monoisotopic (exact) mass is 1000 g/mol. The van der Waals surface area contributed by atoms with Gasteiger partial charge in [-0.15, -0.1) is 0 Å². The Hall–Kier alpha value is -1.85. The van der Waals surface area contributed by atoms with Crippen molar-refractivity contribution in [2.75, 3.05) is 13.2 Å². The van der Waals surface area contributed by atoms with Crippen molar-refractivity contribution in [1.29, 1.82) is 0 Å². The maximum absolute atomic E-state index is 12.9. The quantitative estimate of drug-likeness (QED) is 0.0261. The van der Waals surface area contributed by atoms with Crippen LogP contribution in [0.1, 0.15) is 367 Å². The van der Waals surface area contributed by atoms with Crippen LogP contribution in [0.25, 0.3) is 0 Å². The molecule has 0 saturated carbocycles. The first-order valence-electron chi connectivity index (χ1n) is 32.2. The summed E-state index contributed by atoms with van der Waals surface area (Å²) >= 11 is 0. The Bertz CT molecular complexity index is 1100. The van der Waals surface area contributed by atoms with Gasteiger partial charge in [0.05, 0.1) is 0 Å². The van der Waals surface area contributed by atoms with E-state index in [1.54, 1.807) is 0 Å². The molecule has 0 heterocycles. The second kappa shape index (κ2) is 60.7. The molecule has 1 unspecified atom stereocenters. The van der Waals surface area contributed by atoms with E-state index in [1.807, 2.05) is 0 Å². The molecule has 0 aromatic rings. The van der Waals surface area contributed by atoms with Crippen molar-refractivity contribution in [3.05, 3.63) is 12.2 Å². The molecule has 420 valence electrons. The number of esters is 3. The molecule has 0 spiro atoms. The van der Waals surface area contributed by atoms with Crippen molar-refractivity contribution in [3.8, 4) is 0 Å². The van der Waals surface area contributed by atoms with Gasteiger partial charge in [0, 0.05) is 19.3 Å². The van der Waals surface area contributed by atoms with Crippen LogP contribution in [0.2, 0.25) is 0 Å². The summed E-state index contributed by atoms with van der Waals surface area (Å²) in [6.07, 6.45) is 70.9. The number of carbonyl (C=O) groups excluding carboxylic acids is 3. The first kappa shape index (κ1) is 69.2. The molecule has 0 rings (SSSR count). The Morgan fingerprint density at radius 3 is 0.732 bits per heavy atom. The summed E-state index contributed by atoms with van der Waals surface area (Å²) in [5, 5.41) is 0. The number of allylic oxidation sites excluding steroid dienone is 2. The molecule has 0 aliphatic rings. The van der Waals surface area contributed by atoms with E-state index < -0.39 is 6.10 Å². The van der Waals surface area contributed by atoms with Gasteiger partial charge >= 0.3 is 17.9 Å². The zero-order valence-corrected chi connectivity index (χ0v) is 48.3. The van der Waals surface area contributed by atoms with Crippen molar-refractivity contribution in [2.24, 2.45) is 0 Å². The second-order valence-corrected chi connectivity index (χ2v) is 22.0. The number of hydrogen-bond donors (Lipinski definition) is 0. The molecule has 0 bridgehead atoms. The number of rotatable bonds is 60. The third-order valence-corrected chi connectivity index (χ3v) is 14.8. The van der Waals surface area contributed by atoms with E-state index in [4.69, 9.17) is 14.2 Å². The number of carbonyl (C=O) groups is 3. The SMILES string of the molecule is CCCCC/C=C\CCCCCCCC(=O)OCC(COC(=O)CCCCCCCCCCCCCCCCCCCCCCCCCCC)OC(=O)CCCCCCCCCCCCCCCCCC. The minimum Gasteiger partial charge on any atom is -0.462 e. The predicted molar refractivity (Wildman–Crippen MR) is 307 cm³/mol. The summed E-state index contributed by atoms with van der Waals surface area (Å²) in [7, 11) is 0. The summed E-state index contributed by atoms with van der Waals surface area (Å²) < 4.78 is 16.9. The third-order valence-electron chi connectivity index (χ3n) is 14.8. The number of hydrogen-bond acceptors (Lipinski definition) is 6. The summed E-state index contributed by atoms with van der Waals surface area (Å²) in [6.45, 7) is 6.68. The van der Waals surface area contributed by atoms with Gasteiger partial charge in [-0.3, -0.25) is 14.4 Å². The Balaban J connectivity index is 4.18. The average molecular weight is 1000 g/mol. The van der Waals surface area contributed by atoms with Crippen LogP contribution in [-0.2, 0) is 28.6 Å². The molecule has 0 fully saturated rings. The van der Waals surface area contributed by atoms with E-state index >= 15 is 0 Å². The smallest absolute Gasteiger partial charge is 0.306 e. The maximum Gasteiger partial charge on any atom is 0.306 e. The molecule has 0 saturated heterocycles. The minimum atomic E-state index is -0.768. The highest BCUT2D eigenvalue weighted by molar-refractivity contribution is 5.71. The second-order valence-electron chi connectivity index (χ2n) is 22.0. The van der Waals surface area contributed by atoms with E-state index in [-0.39, 0.29) is 31.1 Å². The van der Waals surface area contributed by atoms with Crippen LogP contribution in [0.15, 0.2) is 12.2 Å². The molecule has 0 aliphatic heterocycles. The Morgan fingerprint density at radius 2 is 0.465 bits per heavy atom. The van der Waals surface area contributed by atoms with E-state index in [2.05, 4.69) is 32.9 Å². The highest BCUT2D eigenvalue weighted by atomic mass is 16.6. The lowest BCUT2D eigenvalue weighted by molar-refractivity contribution is -0.167. The number of ether oxygens (including phenoxy) is 3. The summed E-state index contributed by atoms with van der Waals surface area (Å²) in [5.74, 6) is -0.847. The lowest BCUT2D eigenvalue weighted by Crippen LogP contribution is -2.30. The molecule has 0 aliphatic carbocycles. The predicted octanol–water partition coefficient (Wildman–Crippen LogP) is 21.7. The standard InChI is InChI=1S/C65H124O6/c1-4-7-10-13-16-19-22-25-27-29-30-31-32-33-34-35-36-37-39-40-43-46-49-52-55-58-64(67)70-61-62(60-69-63(66)57-54-51-48-45-42-24-21-18-15-12-9-6-3)71-65(68)59-56-53-50-47-44-41-38-28-26-23-20-17-14-11-8-5-2/h18,21,62H,4-17,19-20,22-61H2,1-3H3/b21-18-. The normalized spacial score (nSPS) is 12.0. The largest absolute Gasteiger partial charge is 0.462 e. The third kappa shape index (κ3) is 58.9. The highest BCUT2D eigenvalue weighted by Crippen LogP contribution is 2.18. The van der Waals surface area contributed by atoms with E-state index in [9.17, 15) is 14.4 Å². The van der Waals surface area contributed by atoms with Gasteiger partial charge in [-0.25, -0.2) is 0 Å². The molecule has 0 amide bonds. The average Bonchev–Trinajstić information content (AvgIpc) is 3.37. The first-order chi connectivity index (χ1) is 35.0. The Morgan fingerprint density at radius 1 is 0.268 bits per heavy atom. The molecule has 71 heavy (non-hydrogen) atoms. The van der Waals surface area contributed by atoms with Gasteiger partial charge in [0.2, 0.25) is 0 Å². The first-order valence-corrected chi connectivity index (χ1v) is 32.2. The zero-order chi connectivity index (χ0) is 51.4. The van der Waals surface area contributed by atoms with E-state index in [0.717, 1.165) is 64.2 Å². The van der Waals surface area contributed by atoms with Gasteiger partial charge in [0.1, 0.15) is 13.2 Å². The molecule has 0 aromatic heterocycles. The summed E-state index contributed by atoms with van der Waals surface area (Å²) in [4.78, 5) is 38.2. The minimum absolute atomic E-state index is 0.0662. The summed E-state index contributed by atoms with van der Waals surface area (Å²) in [5.41, 5.74) is 0. The molecule has 1 atom stereocenters. The fraction of sp³-hybridized carbons (Fsp3) is 0.923. The molecule has 6 heteroatoms. The number of unbranched alkanes of at least 4 members (excludes halogenated alkanes) is 47. The van der Waals surface area contributed by atoms with Gasteiger partial charge in [0.15, 0.2) is 6.10 Å². The molecule has 0 N–H and O–H groups in total. The van der Waals surface area contributed by atoms with Crippen LogP contribution in [0, 0.1) is 0 Å². The van der Waals surface area contributed by atoms with Crippen LogP contribution in [0.3, 0.4) is 0 Å². The molecule has 6 nitrogen and oxygen atoms in total. The van der Waals surface area contributed by atoms with Crippen LogP contribution in [-0.4, -0.2) is 37.2 Å². The maximum atomic E-state index is 12.9. The lowest BCUT2D eigenvalue weighted by Gasteiger charge is -2.18. The van der Waals surface area contributed by atoms with E-state index in [0.29, 0.717) is 19.3 Å². The van der Waals surface area contributed by atoms with Crippen LogP contribution < -0.4 is 0 Å². The van der Waals surface area contributed by atoms with Crippen molar-refractivity contribution in [2.45, 2.75) is 374 Å². The fourth-order valence-electron chi connectivity index (χ4n) is 9.91. The Labute approximate surface area is 443 Å². The van der Waals surface area contributed by atoms with Crippen molar-refractivity contribution < 1.29 is 28.6 Å². The van der Waals surface area contributed by atoms with Gasteiger partial charge in [0.25, 0.3) is 0 Å². The zero-order valence-electron chi connectivity index (χ0n) is 48.3. The molecular weight excluding hydrogens is 877 g/mol. The van der Waals surface area contributed by atoms with Crippen LogP contribution in [0.4, 0.5) is 0 Å². The van der Waals surface area contributed by atoms with Crippen molar-refractivity contribution >= 4 is 17.9 Å². The van der Waals surface area contributed by atoms with Gasteiger partial charge in [-0.05, 0) is 44.9 Å². The fourth-order valence-corrected chi connectivity index (χ4v) is 9.91. The highest BCUT2D eigenvalue weighted by Gasteiger charge is 2.19.